The molecule has 4 heterocycles. The molecule has 0 spiro atoms. The minimum Gasteiger partial charge on any atom is -0.591 e. The van der Waals surface area contributed by atoms with Crippen LogP contribution in [-0.4, -0.2) is 126 Å². The fraction of sp³-hybridized carbons (Fsp3) is 0.400. The quantitative estimate of drug-likeness (QED) is 0.138. The second-order valence-electron chi connectivity index (χ2n) is 15.4. The standard InChI is InChI=1S/C24H32FN5O3S.C16H15FN4O3/c1-23(2,3)33-22(31)30-13-11-29(12-14-30)21-26-15-18(16-27-21)20(28-34(32)24(4,5)6)17-7-9-19(25)10-8-17;17-13-3-1-11(2-4-13)14(22)12-9-18-15(19-10-12)20-5-7-21(8-6-20)16(23)24/h7-10,15-16H,11-14H2,1-6H3;1-4,9-10H,5-8H2,(H,23,24)/b28-20-;/t34-;/m1./s1. The van der Waals surface area contributed by atoms with Gasteiger partial charge in [0.25, 0.3) is 0 Å². The highest BCUT2D eigenvalue weighted by Gasteiger charge is 2.30. The van der Waals surface area contributed by atoms with E-state index in [4.69, 9.17) is 9.84 Å². The molecule has 2 aliphatic rings. The number of anilines is 2. The molecular weight excluding hydrogens is 773 g/mol. The van der Waals surface area contributed by atoms with Crippen LogP contribution in [-0.2, 0) is 16.1 Å². The number of rotatable bonds is 7. The highest BCUT2D eigenvalue weighted by atomic mass is 32.2. The molecule has 4 aromatic rings. The zero-order chi connectivity index (χ0) is 42.2. The third kappa shape index (κ3) is 11.9. The molecule has 2 aliphatic heterocycles. The van der Waals surface area contributed by atoms with Crippen LogP contribution in [0.15, 0.2) is 77.7 Å². The summed E-state index contributed by atoms with van der Waals surface area (Å²) < 4.78 is 48.4. The number of benzene rings is 2. The number of ether oxygens (including phenoxy) is 1. The van der Waals surface area contributed by atoms with Crippen LogP contribution in [0.3, 0.4) is 0 Å². The molecule has 308 valence electrons. The molecule has 0 unspecified atom stereocenters. The molecule has 1 atom stereocenters. The van der Waals surface area contributed by atoms with Crippen LogP contribution in [0.2, 0.25) is 0 Å². The Morgan fingerprint density at radius 2 is 1.07 bits per heavy atom. The number of nitrogens with zero attached hydrogens (tertiary/aromatic N) is 9. The van der Waals surface area contributed by atoms with Crippen LogP contribution in [0, 0.1) is 11.6 Å². The number of hydrogen-bond donors (Lipinski definition) is 1. The number of amides is 2. The maximum absolute atomic E-state index is 13.5. The first-order valence-electron chi connectivity index (χ1n) is 18.5. The van der Waals surface area contributed by atoms with Gasteiger partial charge in [0.2, 0.25) is 11.9 Å². The van der Waals surface area contributed by atoms with Crippen molar-refractivity contribution in [3.63, 3.8) is 0 Å². The number of hydrogen-bond acceptors (Lipinski definition) is 12. The Balaban J connectivity index is 0.000000234. The van der Waals surface area contributed by atoms with Crippen LogP contribution >= 0.6 is 0 Å². The molecule has 1 N–H and O–H groups in total. The van der Waals surface area contributed by atoms with Crippen molar-refractivity contribution in [1.29, 1.82) is 0 Å². The molecule has 2 saturated heterocycles. The van der Waals surface area contributed by atoms with E-state index in [1.54, 1.807) is 29.4 Å². The van der Waals surface area contributed by atoms with Crippen molar-refractivity contribution in [3.8, 4) is 0 Å². The second kappa shape index (κ2) is 18.7. The monoisotopic (exact) mass is 819 g/mol. The van der Waals surface area contributed by atoms with Crippen LogP contribution in [0.4, 0.5) is 30.3 Å². The molecule has 0 radical (unpaired) electrons. The van der Waals surface area contributed by atoms with Gasteiger partial charge in [-0.1, -0.05) is 4.40 Å². The van der Waals surface area contributed by atoms with Crippen LogP contribution < -0.4 is 9.80 Å². The molecule has 2 aromatic carbocycles. The number of piperazine rings is 2. The lowest BCUT2D eigenvalue weighted by molar-refractivity contribution is 0.0240. The largest absolute Gasteiger partial charge is 0.591 e. The van der Waals surface area contributed by atoms with Gasteiger partial charge in [-0.15, -0.1) is 0 Å². The SMILES string of the molecule is CC(C)(C)OC(=O)N1CCN(c2ncc(/C(=N\[S@+]([O-])C(C)(C)C)c3ccc(F)cc3)cn2)CC1.O=C(c1ccc(F)cc1)c1cnc(N2CCN(C(=O)O)CC2)nc1. The zero-order valence-corrected chi connectivity index (χ0v) is 34.1. The number of carbonyl (C=O) groups excluding carboxylic acids is 2. The minimum absolute atomic E-state index is 0.280. The van der Waals surface area contributed by atoms with Crippen molar-refractivity contribution >= 4 is 46.9 Å². The van der Waals surface area contributed by atoms with Gasteiger partial charge in [0.15, 0.2) is 5.78 Å². The molecule has 15 nitrogen and oxygen atoms in total. The number of carbonyl (C=O) groups is 3. The van der Waals surface area contributed by atoms with Crippen molar-refractivity contribution in [2.75, 3.05) is 62.2 Å². The number of aromatic nitrogens is 4. The van der Waals surface area contributed by atoms with Crippen molar-refractivity contribution in [2.24, 2.45) is 4.40 Å². The van der Waals surface area contributed by atoms with E-state index in [0.717, 1.165) is 0 Å². The van der Waals surface area contributed by atoms with Gasteiger partial charge < -0.3 is 34.0 Å². The summed E-state index contributed by atoms with van der Waals surface area (Å²) in [4.78, 5) is 59.7. The third-order valence-electron chi connectivity index (χ3n) is 8.78. The summed E-state index contributed by atoms with van der Waals surface area (Å²) >= 11 is -1.52. The normalized spacial score (nSPS) is 15.6. The smallest absolute Gasteiger partial charge is 0.410 e. The summed E-state index contributed by atoms with van der Waals surface area (Å²) in [5.74, 6) is -0.0632. The van der Waals surface area contributed by atoms with E-state index in [1.807, 2.05) is 51.3 Å². The van der Waals surface area contributed by atoms with Gasteiger partial charge >= 0.3 is 12.2 Å². The van der Waals surface area contributed by atoms with Gasteiger partial charge in [0.1, 0.15) is 39.1 Å². The van der Waals surface area contributed by atoms with Crippen molar-refractivity contribution in [2.45, 2.75) is 51.9 Å². The average Bonchev–Trinajstić information content (AvgIpc) is 3.20. The Hall–Kier alpha value is -5.75. The van der Waals surface area contributed by atoms with Gasteiger partial charge in [0.05, 0.1) is 5.56 Å². The lowest BCUT2D eigenvalue weighted by atomic mass is 10.1. The van der Waals surface area contributed by atoms with E-state index < -0.39 is 33.6 Å². The first kappa shape index (κ1) is 43.4. The van der Waals surface area contributed by atoms with E-state index in [2.05, 4.69) is 24.3 Å². The lowest BCUT2D eigenvalue weighted by Gasteiger charge is -2.35. The number of carboxylic acid groups (broad SMARTS) is 1. The van der Waals surface area contributed by atoms with E-state index in [1.165, 1.54) is 53.7 Å². The van der Waals surface area contributed by atoms with Crippen molar-refractivity contribution in [3.05, 3.63) is 107 Å². The van der Waals surface area contributed by atoms with E-state index in [-0.39, 0.29) is 17.7 Å². The Morgan fingerprint density at radius 3 is 1.48 bits per heavy atom. The Labute approximate surface area is 339 Å². The van der Waals surface area contributed by atoms with Gasteiger partial charge in [-0.2, -0.15) is 0 Å². The highest BCUT2D eigenvalue weighted by Crippen LogP contribution is 2.22. The Morgan fingerprint density at radius 1 is 0.655 bits per heavy atom. The summed E-state index contributed by atoms with van der Waals surface area (Å²) in [6.45, 7) is 15.0. The maximum atomic E-state index is 13.5. The summed E-state index contributed by atoms with van der Waals surface area (Å²) in [6.07, 6.45) is 4.86. The van der Waals surface area contributed by atoms with Crippen LogP contribution in [0.25, 0.3) is 0 Å². The first-order valence-corrected chi connectivity index (χ1v) is 19.7. The number of ketones is 1. The summed E-state index contributed by atoms with van der Waals surface area (Å²) in [5, 5.41) is 8.93. The molecule has 2 aromatic heterocycles. The maximum Gasteiger partial charge on any atom is 0.410 e. The van der Waals surface area contributed by atoms with Gasteiger partial charge in [-0.25, -0.2) is 38.3 Å². The molecule has 2 amide bonds. The van der Waals surface area contributed by atoms with Gasteiger partial charge in [0, 0.05) is 93.8 Å². The molecule has 6 rings (SSSR count). The summed E-state index contributed by atoms with van der Waals surface area (Å²) in [7, 11) is 0. The molecular formula is C40H47F2N9O6S. The molecule has 0 saturated carbocycles. The van der Waals surface area contributed by atoms with Crippen LogP contribution in [0.5, 0.6) is 0 Å². The predicted molar refractivity (Wildman–Crippen MR) is 216 cm³/mol. The zero-order valence-electron chi connectivity index (χ0n) is 33.3. The van der Waals surface area contributed by atoms with E-state index in [9.17, 15) is 27.7 Å². The molecule has 2 fully saturated rings. The Kier molecular flexibility index (Phi) is 14.0. The van der Waals surface area contributed by atoms with E-state index >= 15 is 0 Å². The van der Waals surface area contributed by atoms with E-state index in [0.29, 0.717) is 92.2 Å². The summed E-state index contributed by atoms with van der Waals surface area (Å²) in [6, 6.07) is 11.1. The molecule has 0 bridgehead atoms. The fourth-order valence-electron chi connectivity index (χ4n) is 5.59. The first-order chi connectivity index (χ1) is 27.4. The minimum atomic E-state index is -1.52. The number of halogens is 2. The van der Waals surface area contributed by atoms with Gasteiger partial charge in [-0.05, 0) is 90.1 Å². The van der Waals surface area contributed by atoms with Gasteiger partial charge in [-0.3, -0.25) is 4.79 Å². The van der Waals surface area contributed by atoms with Crippen molar-refractivity contribution in [1.82, 2.24) is 29.7 Å². The lowest BCUT2D eigenvalue weighted by Crippen LogP contribution is -2.50. The predicted octanol–water partition coefficient (Wildman–Crippen LogP) is 5.62. The molecule has 58 heavy (non-hydrogen) atoms. The fourth-order valence-corrected chi connectivity index (χ4v) is 6.24. The average molecular weight is 820 g/mol. The van der Waals surface area contributed by atoms with Crippen molar-refractivity contribution < 1.29 is 37.6 Å². The molecule has 0 aliphatic carbocycles. The topological polar surface area (TPSA) is 181 Å². The van der Waals surface area contributed by atoms with Crippen LogP contribution in [0.1, 0.15) is 68.6 Å². The highest BCUT2D eigenvalue weighted by molar-refractivity contribution is 7.91. The Bertz CT molecular complexity index is 2050. The summed E-state index contributed by atoms with van der Waals surface area (Å²) in [5.41, 5.74) is 1.79. The molecule has 18 heteroatoms. The third-order valence-corrected chi connectivity index (χ3v) is 10.2. The second-order valence-corrected chi connectivity index (χ2v) is 17.3.